The Bertz CT molecular complexity index is 458. The molecule has 1 atom stereocenters. The first-order valence-corrected chi connectivity index (χ1v) is 5.45. The zero-order valence-electron chi connectivity index (χ0n) is 9.87. The molecule has 1 aliphatic rings. The summed E-state index contributed by atoms with van der Waals surface area (Å²) in [5.74, 6) is -1.07. The Morgan fingerprint density at radius 3 is 3.00 bits per heavy atom. The summed E-state index contributed by atoms with van der Waals surface area (Å²) < 4.78 is 6.60. The van der Waals surface area contributed by atoms with Crippen molar-refractivity contribution in [1.82, 2.24) is 14.7 Å². The van der Waals surface area contributed by atoms with Gasteiger partial charge in [-0.05, 0) is 0 Å². The maximum absolute atomic E-state index is 12.0. The molecular formula is C10H14N4O4. The molecule has 2 N–H and O–H groups in total. The van der Waals surface area contributed by atoms with Crippen LogP contribution in [0, 0.1) is 0 Å². The van der Waals surface area contributed by atoms with E-state index in [-0.39, 0.29) is 13.2 Å². The smallest absolute Gasteiger partial charge is 0.328 e. The van der Waals surface area contributed by atoms with Crippen LogP contribution in [-0.4, -0.2) is 57.6 Å². The number of anilines is 1. The molecule has 1 fully saturated rings. The van der Waals surface area contributed by atoms with Crippen LogP contribution in [-0.2, 0) is 16.6 Å². The maximum Gasteiger partial charge on any atom is 0.328 e. The normalized spacial score (nSPS) is 19.6. The molecule has 0 aliphatic carbocycles. The number of amides is 2. The van der Waals surface area contributed by atoms with E-state index < -0.39 is 18.0 Å². The number of carbonyl (C=O) groups excluding carboxylic acids is 1. The molecule has 98 valence electrons. The number of nitrogens with zero attached hydrogens (tertiary/aromatic N) is 3. The molecule has 0 radical (unpaired) electrons. The molecule has 1 aromatic rings. The highest BCUT2D eigenvalue weighted by atomic mass is 16.5. The van der Waals surface area contributed by atoms with E-state index in [4.69, 9.17) is 9.84 Å². The highest BCUT2D eigenvalue weighted by Gasteiger charge is 2.32. The van der Waals surface area contributed by atoms with Gasteiger partial charge in [-0.25, -0.2) is 9.59 Å². The number of carbonyl (C=O) groups is 2. The van der Waals surface area contributed by atoms with Crippen molar-refractivity contribution in [2.24, 2.45) is 7.05 Å². The average Bonchev–Trinajstić information content (AvgIpc) is 2.74. The van der Waals surface area contributed by atoms with Gasteiger partial charge >= 0.3 is 12.0 Å². The minimum Gasteiger partial charge on any atom is -0.480 e. The number of aliphatic carboxylic acids is 1. The number of morpholine rings is 1. The van der Waals surface area contributed by atoms with Crippen molar-refractivity contribution < 1.29 is 19.4 Å². The van der Waals surface area contributed by atoms with E-state index in [9.17, 15) is 9.59 Å². The van der Waals surface area contributed by atoms with Crippen LogP contribution in [0.1, 0.15) is 0 Å². The fourth-order valence-electron chi connectivity index (χ4n) is 1.73. The Morgan fingerprint density at radius 2 is 2.39 bits per heavy atom. The zero-order chi connectivity index (χ0) is 13.1. The van der Waals surface area contributed by atoms with Crippen molar-refractivity contribution in [1.29, 1.82) is 0 Å². The van der Waals surface area contributed by atoms with Crippen molar-refractivity contribution in [3.05, 3.63) is 12.4 Å². The molecule has 2 rings (SSSR count). The predicted molar refractivity (Wildman–Crippen MR) is 61.2 cm³/mol. The Morgan fingerprint density at radius 1 is 1.61 bits per heavy atom. The molecule has 8 heteroatoms. The van der Waals surface area contributed by atoms with E-state index in [1.807, 2.05) is 0 Å². The van der Waals surface area contributed by atoms with E-state index >= 15 is 0 Å². The van der Waals surface area contributed by atoms with Crippen LogP contribution < -0.4 is 5.32 Å². The summed E-state index contributed by atoms with van der Waals surface area (Å²) in [6, 6.07) is -1.41. The SMILES string of the molecule is Cn1cc(NC(=O)N2CCOCC2C(=O)O)cn1. The van der Waals surface area contributed by atoms with Crippen LogP contribution in [0.2, 0.25) is 0 Å². The molecule has 1 aliphatic heterocycles. The van der Waals surface area contributed by atoms with Gasteiger partial charge in [0.1, 0.15) is 0 Å². The van der Waals surface area contributed by atoms with E-state index in [1.54, 1.807) is 17.9 Å². The maximum atomic E-state index is 12.0. The first-order valence-electron chi connectivity index (χ1n) is 5.45. The number of hydrogen-bond acceptors (Lipinski definition) is 4. The molecule has 2 heterocycles. The summed E-state index contributed by atoms with van der Waals surface area (Å²) >= 11 is 0. The third kappa shape index (κ3) is 2.59. The van der Waals surface area contributed by atoms with Gasteiger partial charge in [-0.3, -0.25) is 4.68 Å². The quantitative estimate of drug-likeness (QED) is 0.757. The molecule has 8 nitrogen and oxygen atoms in total. The Hall–Kier alpha value is -2.09. The molecule has 0 bridgehead atoms. The standard InChI is InChI=1S/C10H14N4O4/c1-13-5-7(4-11-13)12-10(17)14-2-3-18-6-8(14)9(15)16/h4-5,8H,2-3,6H2,1H3,(H,12,17)(H,15,16). The van der Waals surface area contributed by atoms with Crippen molar-refractivity contribution >= 4 is 17.7 Å². The van der Waals surface area contributed by atoms with Gasteiger partial charge in [0.15, 0.2) is 6.04 Å². The average molecular weight is 254 g/mol. The van der Waals surface area contributed by atoms with Crippen LogP contribution in [0.25, 0.3) is 0 Å². The topological polar surface area (TPSA) is 96.7 Å². The minimum atomic E-state index is -1.07. The second-order valence-corrected chi connectivity index (χ2v) is 3.96. The number of rotatable bonds is 2. The molecule has 18 heavy (non-hydrogen) atoms. The fourth-order valence-corrected chi connectivity index (χ4v) is 1.73. The summed E-state index contributed by atoms with van der Waals surface area (Å²) in [5.41, 5.74) is 0.526. The number of carboxylic acids is 1. The summed E-state index contributed by atoms with van der Waals surface area (Å²) in [4.78, 5) is 24.2. The lowest BCUT2D eigenvalue weighted by molar-refractivity contribution is -0.147. The molecule has 1 unspecified atom stereocenters. The number of aryl methyl sites for hydroxylation is 1. The largest absolute Gasteiger partial charge is 0.480 e. The molecule has 0 spiro atoms. The predicted octanol–water partition coefficient (Wildman–Crippen LogP) is -0.263. The number of hydrogen-bond donors (Lipinski definition) is 2. The Balaban J connectivity index is 2.04. The van der Waals surface area contributed by atoms with E-state index in [0.29, 0.717) is 12.3 Å². The molecule has 0 saturated carbocycles. The number of urea groups is 1. The van der Waals surface area contributed by atoms with Crippen molar-refractivity contribution in [2.45, 2.75) is 6.04 Å². The van der Waals surface area contributed by atoms with Gasteiger partial charge < -0.3 is 20.1 Å². The zero-order valence-corrected chi connectivity index (χ0v) is 9.87. The number of carboxylic acid groups (broad SMARTS) is 1. The van der Waals surface area contributed by atoms with Crippen LogP contribution in [0.15, 0.2) is 12.4 Å². The first-order chi connectivity index (χ1) is 8.58. The highest BCUT2D eigenvalue weighted by Crippen LogP contribution is 2.11. The summed E-state index contributed by atoms with van der Waals surface area (Å²) in [7, 11) is 1.73. The summed E-state index contributed by atoms with van der Waals surface area (Å²) in [6.45, 7) is 0.600. The number of nitrogens with one attached hydrogen (secondary N) is 1. The van der Waals surface area contributed by atoms with Gasteiger partial charge in [0.25, 0.3) is 0 Å². The molecule has 0 aromatic carbocycles. The van der Waals surface area contributed by atoms with Crippen molar-refractivity contribution in [2.75, 3.05) is 25.1 Å². The Labute approximate surface area is 103 Å². The van der Waals surface area contributed by atoms with Crippen molar-refractivity contribution in [3.8, 4) is 0 Å². The van der Waals surface area contributed by atoms with Crippen LogP contribution >= 0.6 is 0 Å². The van der Waals surface area contributed by atoms with Gasteiger partial charge in [0.05, 0.1) is 25.1 Å². The summed E-state index contributed by atoms with van der Waals surface area (Å²) in [6.07, 6.45) is 3.13. The summed E-state index contributed by atoms with van der Waals surface area (Å²) in [5, 5.41) is 15.5. The van der Waals surface area contributed by atoms with Crippen molar-refractivity contribution in [3.63, 3.8) is 0 Å². The van der Waals surface area contributed by atoms with E-state index in [2.05, 4.69) is 10.4 Å². The second-order valence-electron chi connectivity index (χ2n) is 3.96. The second kappa shape index (κ2) is 5.05. The lowest BCUT2D eigenvalue weighted by Crippen LogP contribution is -2.53. The fraction of sp³-hybridized carbons (Fsp3) is 0.500. The monoisotopic (exact) mass is 254 g/mol. The number of ether oxygens (including phenoxy) is 1. The number of aromatic nitrogens is 2. The van der Waals surface area contributed by atoms with Gasteiger partial charge in [0.2, 0.25) is 0 Å². The van der Waals surface area contributed by atoms with Crippen LogP contribution in [0.4, 0.5) is 10.5 Å². The lowest BCUT2D eigenvalue weighted by atomic mass is 10.2. The molecular weight excluding hydrogens is 240 g/mol. The lowest BCUT2D eigenvalue weighted by Gasteiger charge is -2.32. The minimum absolute atomic E-state index is 0.00972. The third-order valence-electron chi connectivity index (χ3n) is 2.63. The van der Waals surface area contributed by atoms with Gasteiger partial charge in [-0.1, -0.05) is 0 Å². The van der Waals surface area contributed by atoms with Crippen LogP contribution in [0.3, 0.4) is 0 Å². The van der Waals surface area contributed by atoms with Gasteiger partial charge in [-0.15, -0.1) is 0 Å². The molecule has 1 saturated heterocycles. The first kappa shape index (κ1) is 12.4. The Kier molecular flexibility index (Phi) is 3.47. The molecule has 1 aromatic heterocycles. The van der Waals surface area contributed by atoms with E-state index in [0.717, 1.165) is 0 Å². The van der Waals surface area contributed by atoms with E-state index in [1.165, 1.54) is 11.1 Å². The third-order valence-corrected chi connectivity index (χ3v) is 2.63. The van der Waals surface area contributed by atoms with Crippen LogP contribution in [0.5, 0.6) is 0 Å². The molecule has 2 amide bonds. The van der Waals surface area contributed by atoms with Gasteiger partial charge in [-0.2, -0.15) is 5.10 Å². The van der Waals surface area contributed by atoms with Gasteiger partial charge in [0, 0.05) is 19.8 Å². The highest BCUT2D eigenvalue weighted by molar-refractivity contribution is 5.92.